The second-order valence-electron chi connectivity index (χ2n) is 35.0. The number of carboxylic acids is 1. The van der Waals surface area contributed by atoms with Crippen molar-refractivity contribution in [3.05, 3.63) is 107 Å². The highest BCUT2D eigenvalue weighted by atomic mass is 17.2. The molecule has 48 nitrogen and oxygen atoms in total. The number of phenols is 4. The molecule has 0 spiro atoms. The predicted octanol–water partition coefficient (Wildman–Crippen LogP) is -1.73. The van der Waals surface area contributed by atoms with Crippen LogP contribution in [0.3, 0.4) is 0 Å². The number of piperazine rings is 2. The summed E-state index contributed by atoms with van der Waals surface area (Å²) in [6.07, 6.45) is -0.732. The number of likely N-dealkylation sites (N-methyl/N-ethyl adjacent to an activating group) is 4. The number of carboxylic acid groups (broad SMARTS) is 1. The highest BCUT2D eigenvalue weighted by molar-refractivity contribution is 5.96. The number of nitrogens with zero attached hydrogens (tertiary/aromatic N) is 15. The van der Waals surface area contributed by atoms with Crippen molar-refractivity contribution >= 4 is 82.9 Å². The molecule has 2 aromatic heterocycles. The molecule has 0 unspecified atom stereocenters. The number of hydrogen-bond acceptors (Lipinski definition) is 35. The van der Waals surface area contributed by atoms with Crippen molar-refractivity contribution in [3.63, 3.8) is 0 Å². The number of aliphatic carboxylic acids is 1. The number of amides is 10. The van der Waals surface area contributed by atoms with Crippen LogP contribution in [-0.2, 0) is 85.1 Å². The van der Waals surface area contributed by atoms with E-state index in [0.717, 1.165) is 11.1 Å². The fourth-order valence-electron chi connectivity index (χ4n) is 15.9. The summed E-state index contributed by atoms with van der Waals surface area (Å²) in [5, 5.41) is 121. The number of aliphatic hydroxyl groups is 3. The number of carbonyl (C=O) groups excluding carboxylic acids is 13. The van der Waals surface area contributed by atoms with Gasteiger partial charge in [-0.1, -0.05) is 58.9 Å². The topological polar surface area (TPSA) is 615 Å². The summed E-state index contributed by atoms with van der Waals surface area (Å²) >= 11 is 0. The van der Waals surface area contributed by atoms with Crippen molar-refractivity contribution in [3.8, 4) is 57.1 Å². The summed E-state index contributed by atoms with van der Waals surface area (Å²) in [7, 11) is 4.79. The molecule has 764 valence electrons. The van der Waals surface area contributed by atoms with Crippen molar-refractivity contribution in [1.82, 2.24) is 117 Å². The number of carbonyl (C=O) groups is 14. The van der Waals surface area contributed by atoms with Gasteiger partial charge in [0.2, 0.25) is 64.3 Å². The van der Waals surface area contributed by atoms with Gasteiger partial charge >= 0.3 is 23.9 Å². The first kappa shape index (κ1) is 110. The normalized spacial score (nSPS) is 15.6. The monoisotopic (exact) mass is 1960 g/mol. The summed E-state index contributed by atoms with van der Waals surface area (Å²) in [6, 6.07) is 12.9. The molecule has 3 aliphatic heterocycles. The molecular formula is C92H131N23O25. The molecule has 3 aliphatic rings. The fourth-order valence-corrected chi connectivity index (χ4v) is 15.9. The van der Waals surface area contributed by atoms with Gasteiger partial charge in [-0.3, -0.25) is 106 Å². The summed E-state index contributed by atoms with van der Waals surface area (Å²) in [4.78, 5) is 215. The van der Waals surface area contributed by atoms with Crippen molar-refractivity contribution in [2.45, 2.75) is 155 Å². The van der Waals surface area contributed by atoms with Gasteiger partial charge in [0.1, 0.15) is 53.2 Å². The summed E-state index contributed by atoms with van der Waals surface area (Å²) < 4.78 is 3.08. The van der Waals surface area contributed by atoms with Crippen LogP contribution in [-0.4, -0.2) is 400 Å². The van der Waals surface area contributed by atoms with E-state index in [1.54, 1.807) is 83.3 Å². The van der Waals surface area contributed by atoms with Crippen LogP contribution < -0.4 is 42.5 Å². The van der Waals surface area contributed by atoms with Crippen LogP contribution in [0, 0.1) is 0 Å². The minimum Gasteiger partial charge on any atom is -0.508 e. The SMILES string of the molecule is CCNC(=O)c1nnc(-c2cc(C(C)C)c(O)cc2O)n1-c1ccc(CN2CCN(C(=O)CCC(=O)N[C@@H](CCCCNC(=O)CCNC(=O)[C@@H](CO)NC(=O)[C@@H](CO)NC(=O)[C@@H](CO)NC(=O)CC[C@H](C(=O)O)N(CC)CCN(C)CC(=O)ON3OC(=O)CN(C)CCN(C)CC(=O)O3)C(=O)N3CCN(Cc4ccc(-n5c(C(=O)NCC)nnc5-c5cc(C(C)C)c(O)cc5O)cc4)CC3)CC2)cc1. The Kier molecular flexibility index (Phi) is 42.2. The zero-order valence-corrected chi connectivity index (χ0v) is 80.5. The number of aliphatic hydroxyl groups excluding tert-OH is 3. The van der Waals surface area contributed by atoms with E-state index in [1.165, 1.54) is 33.5 Å². The molecule has 4 aromatic carbocycles. The zero-order chi connectivity index (χ0) is 102. The predicted molar refractivity (Wildman–Crippen MR) is 501 cm³/mol. The molecule has 0 saturated carbocycles. The van der Waals surface area contributed by atoms with Gasteiger partial charge in [-0.15, -0.1) is 20.4 Å². The van der Waals surface area contributed by atoms with Crippen LogP contribution >= 0.6 is 0 Å². The van der Waals surface area contributed by atoms with E-state index < -0.39 is 134 Å². The molecule has 16 N–H and O–H groups in total. The lowest BCUT2D eigenvalue weighted by Crippen LogP contribution is -2.59. The van der Waals surface area contributed by atoms with Gasteiger partial charge in [-0.2, -0.15) is 0 Å². The lowest BCUT2D eigenvalue weighted by molar-refractivity contribution is -0.464. The van der Waals surface area contributed by atoms with E-state index in [0.29, 0.717) is 114 Å². The standard InChI is InChI=1S/C92H131N23O25/c1-11-93-89(133)84-103-101-82(64-44-62(56(4)5)71(119)46-73(64)121)113(84)60-21-17-58(18-22-60)48-108-35-40-111(41-36-108)78(126)28-27-77(125)97-66(91(135)112-42-37-109(38-43-112)49-59-19-23-61(24-20-59)114-83(102-104-85(114)90(134)94-12-2)65-45-63(57(6)7)72(120)47-74(65)122)16-14-15-30-95-75(123)29-31-96-86(130)67(53-116)99-88(132)69(55-118)100-87(131)68(54-117)98-76(124)26-25-70(92(136)137)110(13-3)39-34-107(10)52-81(129)140-115-138-79(127)50-105(8)32-33-106(9)51-80(128)139-115/h17-24,44-47,56-57,66-70,116-122H,11-16,25-43,48-55H2,1-10H3,(H,93,133)(H,94,134)(H,95,123)(H,96,130)(H,97,125)(H,98,124)(H,99,132)(H,100,131)(H,136,137)/t66-,67+,68+,69+,70+/m0/s1. The summed E-state index contributed by atoms with van der Waals surface area (Å²) in [5.74, 6) is -11.6. The van der Waals surface area contributed by atoms with E-state index >= 15 is 0 Å². The number of aromatic nitrogens is 6. The molecule has 0 radical (unpaired) electrons. The average Bonchev–Trinajstić information content (AvgIpc) is 1.61. The minimum absolute atomic E-state index is 0.0132. The molecule has 0 bridgehead atoms. The van der Waals surface area contributed by atoms with Crippen molar-refractivity contribution in [2.24, 2.45) is 0 Å². The first-order valence-corrected chi connectivity index (χ1v) is 46.7. The van der Waals surface area contributed by atoms with E-state index in [2.05, 4.69) is 72.7 Å². The maximum atomic E-state index is 14.7. The van der Waals surface area contributed by atoms with Crippen LogP contribution in [0.5, 0.6) is 23.0 Å². The van der Waals surface area contributed by atoms with E-state index in [1.807, 2.05) is 64.1 Å². The summed E-state index contributed by atoms with van der Waals surface area (Å²) in [5.41, 5.74) is 4.49. The number of rotatable bonds is 48. The highest BCUT2D eigenvalue weighted by Crippen LogP contribution is 2.40. The summed E-state index contributed by atoms with van der Waals surface area (Å²) in [6.45, 7) is 14.3. The molecule has 10 amide bonds. The molecule has 9 rings (SSSR count). The third-order valence-electron chi connectivity index (χ3n) is 23.7. The van der Waals surface area contributed by atoms with Gasteiger partial charge in [-0.05, 0) is 138 Å². The van der Waals surface area contributed by atoms with E-state index in [4.69, 9.17) is 14.5 Å². The molecule has 140 heavy (non-hydrogen) atoms. The number of aromatic hydroxyl groups is 4. The molecule has 5 atom stereocenters. The van der Waals surface area contributed by atoms with Gasteiger partial charge in [0.25, 0.3) is 11.8 Å². The van der Waals surface area contributed by atoms with Crippen LogP contribution in [0.25, 0.3) is 34.2 Å². The van der Waals surface area contributed by atoms with E-state index in [-0.39, 0.29) is 177 Å². The Morgan fingerprint density at radius 1 is 0.486 bits per heavy atom. The quantitative estimate of drug-likeness (QED) is 0.0189. The molecule has 5 heterocycles. The number of phenolic OH excluding ortho intramolecular Hbond substituents is 4. The first-order chi connectivity index (χ1) is 66.8. The fraction of sp³-hybridized carbons (Fsp3) is 0.543. The average molecular weight is 1960 g/mol. The molecule has 0 aliphatic carbocycles. The van der Waals surface area contributed by atoms with Gasteiger partial charge in [0.05, 0.1) is 50.6 Å². The van der Waals surface area contributed by atoms with Crippen LogP contribution in [0.1, 0.15) is 155 Å². The lowest BCUT2D eigenvalue weighted by Gasteiger charge is -2.36. The Morgan fingerprint density at radius 2 is 0.943 bits per heavy atom. The Morgan fingerprint density at radius 3 is 1.40 bits per heavy atom. The number of benzene rings is 4. The van der Waals surface area contributed by atoms with Gasteiger partial charge in [0, 0.05) is 167 Å². The Bertz CT molecular complexity index is 5250. The zero-order valence-electron chi connectivity index (χ0n) is 80.5. The maximum absolute atomic E-state index is 14.7. The third kappa shape index (κ3) is 31.8. The van der Waals surface area contributed by atoms with Gasteiger partial charge < -0.3 is 93.2 Å². The lowest BCUT2D eigenvalue weighted by atomic mass is 9.98. The highest BCUT2D eigenvalue weighted by Gasteiger charge is 2.36. The van der Waals surface area contributed by atoms with Crippen molar-refractivity contribution in [2.75, 3.05) is 172 Å². The Hall–Kier alpha value is -13.5. The van der Waals surface area contributed by atoms with Crippen LogP contribution in [0.15, 0.2) is 72.8 Å². The second-order valence-corrected chi connectivity index (χ2v) is 35.0. The smallest absolute Gasteiger partial charge is 0.346 e. The number of hydrogen-bond donors (Lipinski definition) is 16. The molecule has 3 saturated heterocycles. The van der Waals surface area contributed by atoms with Gasteiger partial charge in [0.15, 0.2) is 11.6 Å². The third-order valence-corrected chi connectivity index (χ3v) is 23.7. The first-order valence-electron chi connectivity index (χ1n) is 46.7. The maximum Gasteiger partial charge on any atom is 0.346 e. The molecule has 6 aromatic rings. The molecule has 3 fully saturated rings. The van der Waals surface area contributed by atoms with Crippen LogP contribution in [0.2, 0.25) is 0 Å². The van der Waals surface area contributed by atoms with Crippen LogP contribution in [0.4, 0.5) is 0 Å². The second kappa shape index (κ2) is 53.6. The van der Waals surface area contributed by atoms with Gasteiger partial charge in [-0.25, -0.2) is 14.4 Å². The number of unbranched alkanes of at least 4 members (excludes halogenated alkanes) is 1. The van der Waals surface area contributed by atoms with Crippen molar-refractivity contribution in [1.29, 1.82) is 0 Å². The Labute approximate surface area is 809 Å². The Balaban J connectivity index is 0.743. The van der Waals surface area contributed by atoms with E-state index in [9.17, 15) is 108 Å². The molecular weight excluding hydrogens is 1830 g/mol. The molecule has 48 heteroatoms. The minimum atomic E-state index is -1.82. The largest absolute Gasteiger partial charge is 0.508 e. The van der Waals surface area contributed by atoms with Crippen molar-refractivity contribution < 1.29 is 122 Å². The number of nitrogens with one attached hydrogen (secondary N) is 8.